The summed E-state index contributed by atoms with van der Waals surface area (Å²) < 4.78 is 21.8. The highest BCUT2D eigenvalue weighted by Gasteiger charge is 2.36. The molecule has 3 aromatic rings. The van der Waals surface area contributed by atoms with E-state index in [1.54, 1.807) is 32.0 Å². The standard InChI is InChI=1S/C20H18FN3O2/c1-3-26-19(25)17-12(2)22-20-23-15-10-6-7-11-16(15)24(20)18(17)13-8-4-5-9-14(13)21/h4-11,18H,3H2,1-2H3,(H,22,23)/t18-/m1/s1. The number of aromatic nitrogens is 2. The number of carbonyl (C=O) groups excluding carboxylic acids is 1. The molecule has 0 spiro atoms. The number of anilines is 1. The topological polar surface area (TPSA) is 56.1 Å². The predicted octanol–water partition coefficient (Wildman–Crippen LogP) is 4.03. The SMILES string of the molecule is CCOC(=O)C1=C(C)Nc2nc3ccccc3n2[C@@H]1c1ccccc1F. The fourth-order valence-corrected chi connectivity index (χ4v) is 3.43. The first-order chi connectivity index (χ1) is 12.6. The molecule has 6 heteroatoms. The second-order valence-electron chi connectivity index (χ2n) is 6.10. The van der Waals surface area contributed by atoms with Crippen molar-refractivity contribution in [3.05, 3.63) is 71.2 Å². The summed E-state index contributed by atoms with van der Waals surface area (Å²) >= 11 is 0. The van der Waals surface area contributed by atoms with Crippen LogP contribution >= 0.6 is 0 Å². The molecule has 2 heterocycles. The number of fused-ring (bicyclic) bond motifs is 3. The molecule has 0 aliphatic carbocycles. The average molecular weight is 351 g/mol. The lowest BCUT2D eigenvalue weighted by Crippen LogP contribution is -2.29. The van der Waals surface area contributed by atoms with Crippen LogP contribution in [0.4, 0.5) is 10.3 Å². The lowest BCUT2D eigenvalue weighted by atomic mass is 9.94. The van der Waals surface area contributed by atoms with Crippen LogP contribution in [0.1, 0.15) is 25.5 Å². The van der Waals surface area contributed by atoms with Gasteiger partial charge in [0.25, 0.3) is 0 Å². The zero-order valence-electron chi connectivity index (χ0n) is 14.5. The summed E-state index contributed by atoms with van der Waals surface area (Å²) in [5.74, 6) is -0.267. The molecule has 1 N–H and O–H groups in total. The number of para-hydroxylation sites is 2. The van der Waals surface area contributed by atoms with E-state index in [1.165, 1.54) is 6.07 Å². The van der Waals surface area contributed by atoms with E-state index in [9.17, 15) is 9.18 Å². The van der Waals surface area contributed by atoms with Crippen molar-refractivity contribution in [1.29, 1.82) is 0 Å². The van der Waals surface area contributed by atoms with Crippen molar-refractivity contribution in [2.45, 2.75) is 19.9 Å². The highest BCUT2D eigenvalue weighted by Crippen LogP contribution is 2.40. The van der Waals surface area contributed by atoms with Crippen LogP contribution in [0.5, 0.6) is 0 Å². The summed E-state index contributed by atoms with van der Waals surface area (Å²) in [6, 6.07) is 13.4. The molecule has 0 saturated carbocycles. The van der Waals surface area contributed by atoms with Crippen molar-refractivity contribution in [2.24, 2.45) is 0 Å². The summed E-state index contributed by atoms with van der Waals surface area (Å²) in [7, 11) is 0. The third-order valence-electron chi connectivity index (χ3n) is 4.53. The molecular weight excluding hydrogens is 333 g/mol. The molecule has 4 rings (SSSR count). The largest absolute Gasteiger partial charge is 0.463 e. The molecule has 0 radical (unpaired) electrons. The van der Waals surface area contributed by atoms with Gasteiger partial charge in [-0.2, -0.15) is 0 Å². The smallest absolute Gasteiger partial charge is 0.338 e. The van der Waals surface area contributed by atoms with E-state index < -0.39 is 12.0 Å². The summed E-state index contributed by atoms with van der Waals surface area (Å²) in [6.45, 7) is 3.78. The molecule has 26 heavy (non-hydrogen) atoms. The number of nitrogens with zero attached hydrogens (tertiary/aromatic N) is 2. The van der Waals surface area contributed by atoms with Gasteiger partial charge in [-0.15, -0.1) is 0 Å². The maximum atomic E-state index is 14.7. The number of benzene rings is 2. The lowest BCUT2D eigenvalue weighted by Gasteiger charge is -2.30. The van der Waals surface area contributed by atoms with E-state index in [2.05, 4.69) is 10.3 Å². The molecule has 5 nitrogen and oxygen atoms in total. The molecule has 0 saturated heterocycles. The summed E-state index contributed by atoms with van der Waals surface area (Å²) in [5.41, 5.74) is 2.99. The molecule has 0 bridgehead atoms. The Hall–Kier alpha value is -3.15. The van der Waals surface area contributed by atoms with Crippen molar-refractivity contribution in [2.75, 3.05) is 11.9 Å². The normalized spacial score (nSPS) is 16.3. The van der Waals surface area contributed by atoms with Crippen LogP contribution in [-0.2, 0) is 9.53 Å². The number of imidazole rings is 1. The van der Waals surface area contributed by atoms with E-state index in [0.29, 0.717) is 22.8 Å². The van der Waals surface area contributed by atoms with Gasteiger partial charge in [-0.25, -0.2) is 14.2 Å². The van der Waals surface area contributed by atoms with Crippen LogP contribution < -0.4 is 5.32 Å². The van der Waals surface area contributed by atoms with Crippen LogP contribution in [0.2, 0.25) is 0 Å². The molecule has 0 unspecified atom stereocenters. The Morgan fingerprint density at radius 2 is 1.96 bits per heavy atom. The minimum Gasteiger partial charge on any atom is -0.463 e. The number of ether oxygens (including phenoxy) is 1. The number of halogens is 1. The van der Waals surface area contributed by atoms with Gasteiger partial charge in [-0.3, -0.25) is 4.57 Å². The van der Waals surface area contributed by atoms with Crippen LogP contribution in [0.15, 0.2) is 59.8 Å². The van der Waals surface area contributed by atoms with E-state index in [-0.39, 0.29) is 12.4 Å². The minimum atomic E-state index is -0.654. The van der Waals surface area contributed by atoms with Crippen LogP contribution in [0.3, 0.4) is 0 Å². The Balaban J connectivity index is 2.01. The number of hydrogen-bond acceptors (Lipinski definition) is 4. The first kappa shape index (κ1) is 16.3. The summed E-state index contributed by atoms with van der Waals surface area (Å²) in [6.07, 6.45) is 0. The highest BCUT2D eigenvalue weighted by atomic mass is 19.1. The Labute approximate surface area is 150 Å². The van der Waals surface area contributed by atoms with Gasteiger partial charge < -0.3 is 10.1 Å². The highest BCUT2D eigenvalue weighted by molar-refractivity contribution is 5.94. The minimum absolute atomic E-state index is 0.247. The van der Waals surface area contributed by atoms with Gasteiger partial charge in [-0.1, -0.05) is 30.3 Å². The van der Waals surface area contributed by atoms with Crippen molar-refractivity contribution < 1.29 is 13.9 Å². The maximum absolute atomic E-state index is 14.7. The van der Waals surface area contributed by atoms with Gasteiger partial charge in [0.2, 0.25) is 5.95 Å². The molecule has 0 amide bonds. The zero-order valence-corrected chi connectivity index (χ0v) is 14.5. The summed E-state index contributed by atoms with van der Waals surface area (Å²) in [4.78, 5) is 17.3. The quantitative estimate of drug-likeness (QED) is 0.724. The third kappa shape index (κ3) is 2.45. The molecule has 1 aliphatic rings. The van der Waals surface area contributed by atoms with Crippen LogP contribution in [0.25, 0.3) is 11.0 Å². The second-order valence-corrected chi connectivity index (χ2v) is 6.10. The Morgan fingerprint density at radius 3 is 2.73 bits per heavy atom. The second kappa shape index (κ2) is 6.29. The van der Waals surface area contributed by atoms with Gasteiger partial charge in [0.05, 0.1) is 29.3 Å². The van der Waals surface area contributed by atoms with Gasteiger partial charge in [0.1, 0.15) is 5.82 Å². The zero-order chi connectivity index (χ0) is 18.3. The number of allylic oxidation sites excluding steroid dienone is 1. The first-order valence-corrected chi connectivity index (χ1v) is 8.48. The van der Waals surface area contributed by atoms with E-state index >= 15 is 0 Å². The van der Waals surface area contributed by atoms with Crippen molar-refractivity contribution in [3.63, 3.8) is 0 Å². The summed E-state index contributed by atoms with van der Waals surface area (Å²) in [5, 5.41) is 3.17. The number of rotatable bonds is 3. The van der Waals surface area contributed by atoms with E-state index in [0.717, 1.165) is 11.0 Å². The van der Waals surface area contributed by atoms with Gasteiger partial charge >= 0.3 is 5.97 Å². The van der Waals surface area contributed by atoms with Gasteiger partial charge in [0, 0.05) is 11.3 Å². The number of hydrogen-bond donors (Lipinski definition) is 1. The van der Waals surface area contributed by atoms with Gasteiger partial charge in [-0.05, 0) is 32.0 Å². The molecule has 1 atom stereocenters. The fourth-order valence-electron chi connectivity index (χ4n) is 3.43. The monoisotopic (exact) mass is 351 g/mol. The van der Waals surface area contributed by atoms with Gasteiger partial charge in [0.15, 0.2) is 0 Å². The lowest BCUT2D eigenvalue weighted by molar-refractivity contribution is -0.139. The van der Waals surface area contributed by atoms with Crippen molar-refractivity contribution in [3.8, 4) is 0 Å². The third-order valence-corrected chi connectivity index (χ3v) is 4.53. The van der Waals surface area contributed by atoms with Crippen LogP contribution in [-0.4, -0.2) is 22.1 Å². The molecular formula is C20H18FN3O2. The molecule has 132 valence electrons. The van der Waals surface area contributed by atoms with E-state index in [4.69, 9.17) is 4.74 Å². The van der Waals surface area contributed by atoms with Crippen molar-refractivity contribution in [1.82, 2.24) is 9.55 Å². The number of nitrogens with one attached hydrogen (secondary N) is 1. The Kier molecular flexibility index (Phi) is 3.95. The number of esters is 1. The van der Waals surface area contributed by atoms with Crippen molar-refractivity contribution >= 4 is 23.0 Å². The molecule has 2 aromatic carbocycles. The van der Waals surface area contributed by atoms with Crippen LogP contribution in [0, 0.1) is 5.82 Å². The molecule has 0 fully saturated rings. The fraction of sp³-hybridized carbons (Fsp3) is 0.200. The first-order valence-electron chi connectivity index (χ1n) is 8.48. The van der Waals surface area contributed by atoms with E-state index in [1.807, 2.05) is 28.8 Å². The number of carbonyl (C=O) groups is 1. The maximum Gasteiger partial charge on any atom is 0.338 e. The molecule has 1 aromatic heterocycles. The molecule has 1 aliphatic heterocycles. The Morgan fingerprint density at radius 1 is 1.23 bits per heavy atom. The Bertz CT molecular complexity index is 1040. The predicted molar refractivity (Wildman–Crippen MR) is 97.2 cm³/mol. The average Bonchev–Trinajstić information content (AvgIpc) is 2.99.